The summed E-state index contributed by atoms with van der Waals surface area (Å²) in [6.45, 7) is 8.12. The van der Waals surface area contributed by atoms with Gasteiger partial charge in [-0.25, -0.2) is 4.79 Å². The summed E-state index contributed by atoms with van der Waals surface area (Å²) in [6, 6.07) is 0. The predicted molar refractivity (Wildman–Crippen MR) is 72.5 cm³/mol. The van der Waals surface area contributed by atoms with Crippen LogP contribution in [0.2, 0.25) is 0 Å². The van der Waals surface area contributed by atoms with E-state index in [-0.39, 0.29) is 17.1 Å². The van der Waals surface area contributed by atoms with Gasteiger partial charge in [0.1, 0.15) is 5.60 Å². The molecule has 0 N–H and O–H groups in total. The molecular formula is C13H19NO3S. The maximum Gasteiger partial charge on any atom is 0.410 e. The zero-order valence-corrected chi connectivity index (χ0v) is 12.1. The first-order chi connectivity index (χ1) is 8.33. The molecule has 0 saturated carbocycles. The fourth-order valence-corrected chi connectivity index (χ4v) is 2.61. The van der Waals surface area contributed by atoms with E-state index in [1.807, 2.05) is 20.8 Å². The first-order valence-electron chi connectivity index (χ1n) is 5.89. The van der Waals surface area contributed by atoms with E-state index < -0.39 is 5.60 Å². The van der Waals surface area contributed by atoms with E-state index in [4.69, 9.17) is 4.74 Å². The van der Waals surface area contributed by atoms with Crippen LogP contribution in [-0.2, 0) is 9.53 Å². The summed E-state index contributed by atoms with van der Waals surface area (Å²) in [6.07, 6.45) is -0.356. The number of hydrogen-bond donors (Lipinski definition) is 0. The van der Waals surface area contributed by atoms with E-state index in [1.165, 1.54) is 0 Å². The molecule has 1 aliphatic heterocycles. The molecule has 0 aromatic heterocycles. The minimum atomic E-state index is -0.510. The number of carbonyl (C=O) groups is 2. The smallest absolute Gasteiger partial charge is 0.410 e. The Kier molecular flexibility index (Phi) is 5.09. The summed E-state index contributed by atoms with van der Waals surface area (Å²) in [5, 5.41) is -0.251. The van der Waals surface area contributed by atoms with Crippen molar-refractivity contribution in [1.29, 1.82) is 0 Å². The Hall–Kier alpha value is -1.15. The standard InChI is InChI=1S/C13H19NO3S/c1-5-6-10(15)11-9-14(7-8-18-11)12(16)17-13(2,3)4/h11H,7-9H2,1-4H3. The van der Waals surface area contributed by atoms with Crippen LogP contribution >= 0.6 is 11.8 Å². The average Bonchev–Trinajstić information content (AvgIpc) is 2.27. The second kappa shape index (κ2) is 6.14. The lowest BCUT2D eigenvalue weighted by Crippen LogP contribution is -2.46. The summed E-state index contributed by atoms with van der Waals surface area (Å²) < 4.78 is 5.30. The predicted octanol–water partition coefficient (Wildman–Crippen LogP) is 1.93. The molecule has 1 unspecified atom stereocenters. The molecule has 1 amide bonds. The van der Waals surface area contributed by atoms with Crippen molar-refractivity contribution >= 4 is 23.6 Å². The monoisotopic (exact) mass is 269 g/mol. The Balaban J connectivity index is 2.60. The van der Waals surface area contributed by atoms with Crippen molar-refractivity contribution in [1.82, 2.24) is 4.90 Å². The van der Waals surface area contributed by atoms with Gasteiger partial charge in [-0.15, -0.1) is 11.8 Å². The van der Waals surface area contributed by atoms with Crippen LogP contribution in [0.25, 0.3) is 0 Å². The van der Waals surface area contributed by atoms with Crippen molar-refractivity contribution in [2.24, 2.45) is 0 Å². The van der Waals surface area contributed by atoms with Crippen LogP contribution in [0, 0.1) is 11.8 Å². The molecule has 18 heavy (non-hydrogen) atoms. The number of Topliss-reactive ketones (excluding diaryl/α,β-unsaturated/α-hetero) is 1. The summed E-state index contributed by atoms with van der Waals surface area (Å²) >= 11 is 1.55. The topological polar surface area (TPSA) is 46.6 Å². The molecule has 100 valence electrons. The molecule has 0 aliphatic carbocycles. The number of rotatable bonds is 1. The number of hydrogen-bond acceptors (Lipinski definition) is 4. The molecule has 1 fully saturated rings. The molecule has 0 bridgehead atoms. The zero-order valence-electron chi connectivity index (χ0n) is 11.3. The Morgan fingerprint density at radius 1 is 1.39 bits per heavy atom. The van der Waals surface area contributed by atoms with E-state index in [0.29, 0.717) is 13.1 Å². The van der Waals surface area contributed by atoms with Crippen molar-refractivity contribution < 1.29 is 14.3 Å². The highest BCUT2D eigenvalue weighted by atomic mass is 32.2. The summed E-state index contributed by atoms with van der Waals surface area (Å²) in [5.74, 6) is 5.76. The molecule has 1 heterocycles. The quantitative estimate of drug-likeness (QED) is 0.539. The largest absolute Gasteiger partial charge is 0.444 e. The minimum absolute atomic E-state index is 0.115. The third kappa shape index (κ3) is 4.61. The number of ketones is 1. The maximum atomic E-state index is 11.9. The second-order valence-electron chi connectivity index (χ2n) is 5.03. The minimum Gasteiger partial charge on any atom is -0.444 e. The van der Waals surface area contributed by atoms with Crippen LogP contribution in [0.3, 0.4) is 0 Å². The third-order valence-electron chi connectivity index (χ3n) is 2.26. The highest BCUT2D eigenvalue weighted by molar-refractivity contribution is 8.00. The Labute approximate surface area is 112 Å². The van der Waals surface area contributed by atoms with E-state index in [2.05, 4.69) is 11.8 Å². The number of carbonyl (C=O) groups excluding carboxylic acids is 2. The van der Waals surface area contributed by atoms with E-state index in [9.17, 15) is 9.59 Å². The fraction of sp³-hybridized carbons (Fsp3) is 0.692. The molecule has 4 nitrogen and oxygen atoms in total. The van der Waals surface area contributed by atoms with Gasteiger partial charge >= 0.3 is 6.09 Å². The van der Waals surface area contributed by atoms with Crippen molar-refractivity contribution in [2.45, 2.75) is 38.5 Å². The molecule has 0 radical (unpaired) electrons. The highest BCUT2D eigenvalue weighted by Crippen LogP contribution is 2.21. The molecule has 1 aliphatic rings. The van der Waals surface area contributed by atoms with E-state index in [0.717, 1.165) is 5.75 Å². The van der Waals surface area contributed by atoms with Crippen LogP contribution in [0.5, 0.6) is 0 Å². The van der Waals surface area contributed by atoms with Crippen LogP contribution < -0.4 is 0 Å². The molecule has 1 saturated heterocycles. The maximum absolute atomic E-state index is 11.9. The first-order valence-corrected chi connectivity index (χ1v) is 6.94. The van der Waals surface area contributed by atoms with Gasteiger partial charge in [0.15, 0.2) is 0 Å². The number of amides is 1. The second-order valence-corrected chi connectivity index (χ2v) is 6.34. The summed E-state index contributed by atoms with van der Waals surface area (Å²) in [5.41, 5.74) is -0.510. The van der Waals surface area contributed by atoms with Gasteiger partial charge in [0.05, 0.1) is 5.25 Å². The molecule has 5 heteroatoms. The molecular weight excluding hydrogens is 250 g/mol. The molecule has 1 rings (SSSR count). The van der Waals surface area contributed by atoms with Gasteiger partial charge in [-0.05, 0) is 33.6 Å². The van der Waals surface area contributed by atoms with Gasteiger partial charge in [0.25, 0.3) is 0 Å². The Morgan fingerprint density at radius 2 is 2.06 bits per heavy atom. The highest BCUT2D eigenvalue weighted by Gasteiger charge is 2.30. The first kappa shape index (κ1) is 14.9. The summed E-state index contributed by atoms with van der Waals surface area (Å²) in [7, 11) is 0. The van der Waals surface area contributed by atoms with E-state index >= 15 is 0 Å². The van der Waals surface area contributed by atoms with Crippen LogP contribution in [-0.4, -0.2) is 46.5 Å². The molecule has 0 spiro atoms. The van der Waals surface area contributed by atoms with Crippen LogP contribution in [0.1, 0.15) is 27.7 Å². The SMILES string of the molecule is CC#CC(=O)C1CN(C(=O)OC(C)(C)C)CCS1. The van der Waals surface area contributed by atoms with Crippen molar-refractivity contribution in [3.8, 4) is 11.8 Å². The van der Waals surface area contributed by atoms with Gasteiger partial charge in [-0.1, -0.05) is 5.92 Å². The normalized spacial score (nSPS) is 19.8. The lowest BCUT2D eigenvalue weighted by molar-refractivity contribution is -0.113. The summed E-state index contributed by atoms with van der Waals surface area (Å²) in [4.78, 5) is 25.2. The van der Waals surface area contributed by atoms with Crippen LogP contribution in [0.4, 0.5) is 4.79 Å². The van der Waals surface area contributed by atoms with Gasteiger partial charge in [-0.2, -0.15) is 0 Å². The van der Waals surface area contributed by atoms with Gasteiger partial charge in [-0.3, -0.25) is 4.79 Å². The molecule has 0 aromatic carbocycles. The van der Waals surface area contributed by atoms with Crippen molar-refractivity contribution in [3.63, 3.8) is 0 Å². The number of nitrogens with zero attached hydrogens (tertiary/aromatic N) is 1. The Bertz CT molecular complexity index is 389. The van der Waals surface area contributed by atoms with Crippen LogP contribution in [0.15, 0.2) is 0 Å². The van der Waals surface area contributed by atoms with Gasteiger partial charge in [0, 0.05) is 18.8 Å². The van der Waals surface area contributed by atoms with Crippen molar-refractivity contribution in [3.05, 3.63) is 0 Å². The zero-order chi connectivity index (χ0) is 13.8. The van der Waals surface area contributed by atoms with Crippen molar-refractivity contribution in [2.75, 3.05) is 18.8 Å². The van der Waals surface area contributed by atoms with Gasteiger partial charge in [0.2, 0.25) is 5.78 Å². The number of ether oxygens (including phenoxy) is 1. The molecule has 0 aromatic rings. The lowest BCUT2D eigenvalue weighted by atomic mass is 10.2. The number of thioether (sulfide) groups is 1. The van der Waals surface area contributed by atoms with Gasteiger partial charge < -0.3 is 9.64 Å². The third-order valence-corrected chi connectivity index (χ3v) is 3.44. The average molecular weight is 269 g/mol. The lowest BCUT2D eigenvalue weighted by Gasteiger charge is -2.32. The fourth-order valence-electron chi connectivity index (χ4n) is 1.50. The van der Waals surface area contributed by atoms with E-state index in [1.54, 1.807) is 23.6 Å². The Morgan fingerprint density at radius 3 is 2.61 bits per heavy atom. The molecule has 1 atom stereocenters.